The van der Waals surface area contributed by atoms with Crippen LogP contribution in [0.3, 0.4) is 0 Å². The molecule has 3 N–H and O–H groups in total. The Hall–Kier alpha value is -3.10. The van der Waals surface area contributed by atoms with Gasteiger partial charge in [-0.2, -0.15) is 26.3 Å². The predicted octanol–water partition coefficient (Wildman–Crippen LogP) is 6.11. The molecule has 39 heavy (non-hydrogen) atoms. The molecule has 4 rings (SSSR count). The van der Waals surface area contributed by atoms with Crippen molar-refractivity contribution >= 4 is 60.1 Å². The van der Waals surface area contributed by atoms with Gasteiger partial charge in [-0.3, -0.25) is 19.9 Å². The van der Waals surface area contributed by atoms with Crippen molar-refractivity contribution in [3.05, 3.63) is 86.3 Å². The first-order valence-corrected chi connectivity index (χ1v) is 12.6. The first kappa shape index (κ1) is 28.9. The molecule has 6 nitrogen and oxygen atoms in total. The molecule has 1 aliphatic heterocycles. The van der Waals surface area contributed by atoms with E-state index in [2.05, 4.69) is 42.7 Å². The standard InChI is InChI=1S/C25H17Br2F6N3O3/c26-14-7-13(8-15(27)9-14)23(25(31,32)33)10-20(36-39-23)18-5-6-19(17-4-2-1-3-16(17)18)22(38)34-11-21(37)35-12-24(28,29)30/h1-10,36H,11-12H2,(H,34,38)(H,35,37). The average molecular weight is 681 g/mol. The molecule has 2 amide bonds. The highest BCUT2D eigenvalue weighted by molar-refractivity contribution is 9.11. The van der Waals surface area contributed by atoms with Crippen molar-refractivity contribution in [2.24, 2.45) is 0 Å². The molecular weight excluding hydrogens is 664 g/mol. The third-order valence-corrected chi connectivity index (χ3v) is 6.65. The zero-order valence-corrected chi connectivity index (χ0v) is 22.6. The fourth-order valence-corrected chi connectivity index (χ4v) is 5.29. The van der Waals surface area contributed by atoms with Gasteiger partial charge in [0.1, 0.15) is 6.54 Å². The van der Waals surface area contributed by atoms with E-state index in [0.717, 1.165) is 6.08 Å². The number of halogens is 8. The minimum absolute atomic E-state index is 0.00175. The first-order chi connectivity index (χ1) is 18.2. The van der Waals surface area contributed by atoms with Crippen molar-refractivity contribution < 1.29 is 40.8 Å². The maximum Gasteiger partial charge on any atom is 0.428 e. The molecule has 0 radical (unpaired) electrons. The molecule has 1 atom stereocenters. The number of benzene rings is 3. The highest BCUT2D eigenvalue weighted by atomic mass is 79.9. The third-order valence-electron chi connectivity index (χ3n) is 5.74. The predicted molar refractivity (Wildman–Crippen MR) is 137 cm³/mol. The van der Waals surface area contributed by atoms with Crippen LogP contribution in [0.15, 0.2) is 69.6 Å². The maximum absolute atomic E-state index is 14.4. The molecule has 3 aromatic rings. The molecule has 0 aliphatic carbocycles. The van der Waals surface area contributed by atoms with Crippen molar-refractivity contribution in [1.82, 2.24) is 16.1 Å². The van der Waals surface area contributed by atoms with Crippen molar-refractivity contribution in [3.8, 4) is 0 Å². The number of hydroxylamine groups is 1. The van der Waals surface area contributed by atoms with Crippen LogP contribution in [0.2, 0.25) is 0 Å². The number of amides is 2. The Labute approximate surface area is 234 Å². The summed E-state index contributed by atoms with van der Waals surface area (Å²) in [6.45, 7) is -2.25. The maximum atomic E-state index is 14.4. The SMILES string of the molecule is O=C(CNC(=O)c1ccc(C2=CC(c3cc(Br)cc(Br)c3)(C(F)(F)F)ON2)c2ccccc12)NCC(F)(F)F. The van der Waals surface area contributed by atoms with Crippen molar-refractivity contribution in [1.29, 1.82) is 0 Å². The minimum atomic E-state index is -4.86. The molecule has 206 valence electrons. The lowest BCUT2D eigenvalue weighted by atomic mass is 9.90. The summed E-state index contributed by atoms with van der Waals surface area (Å²) >= 11 is 6.39. The van der Waals surface area contributed by atoms with E-state index in [9.17, 15) is 35.9 Å². The van der Waals surface area contributed by atoms with Gasteiger partial charge in [0.2, 0.25) is 11.5 Å². The van der Waals surface area contributed by atoms with E-state index in [0.29, 0.717) is 25.3 Å². The van der Waals surface area contributed by atoms with E-state index in [1.165, 1.54) is 24.3 Å². The van der Waals surface area contributed by atoms with E-state index in [-0.39, 0.29) is 16.8 Å². The smallest absolute Gasteiger partial charge is 0.345 e. The molecule has 0 bridgehead atoms. The number of nitrogens with one attached hydrogen (secondary N) is 3. The number of carbonyl (C=O) groups is 2. The van der Waals surface area contributed by atoms with Gasteiger partial charge >= 0.3 is 12.4 Å². The molecule has 0 spiro atoms. The molecule has 0 saturated carbocycles. The second kappa shape index (κ2) is 10.8. The van der Waals surface area contributed by atoms with Crippen LogP contribution in [-0.4, -0.2) is 37.3 Å². The summed E-state index contributed by atoms with van der Waals surface area (Å²) in [6.07, 6.45) is -8.55. The lowest BCUT2D eigenvalue weighted by Gasteiger charge is -2.28. The van der Waals surface area contributed by atoms with Crippen LogP contribution in [0, 0.1) is 0 Å². The zero-order valence-electron chi connectivity index (χ0n) is 19.4. The number of fused-ring (bicyclic) bond motifs is 1. The minimum Gasteiger partial charge on any atom is -0.345 e. The average Bonchev–Trinajstić information content (AvgIpc) is 3.31. The second-order valence-electron chi connectivity index (χ2n) is 8.43. The zero-order chi connectivity index (χ0) is 28.6. The third kappa shape index (κ3) is 6.23. The van der Waals surface area contributed by atoms with Gasteiger partial charge in [0.05, 0.1) is 12.2 Å². The summed E-state index contributed by atoms with van der Waals surface area (Å²) in [5, 5.41) is 4.62. The Balaban J connectivity index is 1.68. The summed E-state index contributed by atoms with van der Waals surface area (Å²) in [7, 11) is 0. The topological polar surface area (TPSA) is 79.5 Å². The van der Waals surface area contributed by atoms with Crippen LogP contribution >= 0.6 is 31.9 Å². The number of carbonyl (C=O) groups excluding carboxylic acids is 2. The van der Waals surface area contributed by atoms with Crippen LogP contribution < -0.4 is 16.1 Å². The molecule has 0 saturated heterocycles. The van der Waals surface area contributed by atoms with Crippen LogP contribution in [0.5, 0.6) is 0 Å². The van der Waals surface area contributed by atoms with Gasteiger partial charge in [-0.1, -0.05) is 62.2 Å². The lowest BCUT2D eigenvalue weighted by molar-refractivity contribution is -0.269. The monoisotopic (exact) mass is 679 g/mol. The van der Waals surface area contributed by atoms with Crippen LogP contribution in [0.1, 0.15) is 21.5 Å². The lowest BCUT2D eigenvalue weighted by Crippen LogP contribution is -2.42. The van der Waals surface area contributed by atoms with Crippen molar-refractivity contribution in [2.45, 2.75) is 18.0 Å². The normalized spacial score (nSPS) is 17.5. The molecule has 0 aromatic heterocycles. The Morgan fingerprint density at radius 2 is 1.54 bits per heavy atom. The summed E-state index contributed by atoms with van der Waals surface area (Å²) in [4.78, 5) is 29.6. The van der Waals surface area contributed by atoms with E-state index in [1.54, 1.807) is 35.6 Å². The largest absolute Gasteiger partial charge is 0.428 e. The summed E-state index contributed by atoms with van der Waals surface area (Å²) in [5.74, 6) is -1.80. The van der Waals surface area contributed by atoms with Gasteiger partial charge in [-0.25, -0.2) is 0 Å². The molecule has 14 heteroatoms. The molecular formula is C25H17Br2F6N3O3. The first-order valence-electron chi connectivity index (χ1n) is 11.0. The summed E-state index contributed by atoms with van der Waals surface area (Å²) in [6, 6.07) is 13.3. The van der Waals surface area contributed by atoms with E-state index in [1.807, 2.05) is 0 Å². The molecule has 1 aliphatic rings. The fraction of sp³-hybridized carbons (Fsp3) is 0.200. The van der Waals surface area contributed by atoms with E-state index >= 15 is 0 Å². The fourth-order valence-electron chi connectivity index (χ4n) is 3.99. The van der Waals surface area contributed by atoms with Gasteiger partial charge in [-0.05, 0) is 41.1 Å². The van der Waals surface area contributed by atoms with E-state index < -0.39 is 42.9 Å². The molecule has 0 fully saturated rings. The van der Waals surface area contributed by atoms with Crippen molar-refractivity contribution in [2.75, 3.05) is 13.1 Å². The van der Waals surface area contributed by atoms with Crippen LogP contribution in [0.4, 0.5) is 26.3 Å². The number of alkyl halides is 6. The van der Waals surface area contributed by atoms with Crippen LogP contribution in [-0.2, 0) is 15.2 Å². The second-order valence-corrected chi connectivity index (χ2v) is 10.3. The summed E-state index contributed by atoms with van der Waals surface area (Å²) in [5.41, 5.74) is -0.276. The van der Waals surface area contributed by atoms with Crippen molar-refractivity contribution in [3.63, 3.8) is 0 Å². The van der Waals surface area contributed by atoms with Crippen LogP contribution in [0.25, 0.3) is 16.5 Å². The number of rotatable bonds is 6. The molecule has 3 aromatic carbocycles. The Bertz CT molecular complexity index is 1460. The molecule has 1 heterocycles. The van der Waals surface area contributed by atoms with Gasteiger partial charge in [-0.15, -0.1) is 0 Å². The molecule has 1 unspecified atom stereocenters. The quantitative estimate of drug-likeness (QED) is 0.275. The van der Waals surface area contributed by atoms with Gasteiger partial charge in [0.25, 0.3) is 5.91 Å². The number of hydrogen-bond donors (Lipinski definition) is 3. The van der Waals surface area contributed by atoms with Gasteiger partial charge < -0.3 is 10.6 Å². The van der Waals surface area contributed by atoms with Gasteiger partial charge in [0.15, 0.2) is 0 Å². The van der Waals surface area contributed by atoms with Gasteiger partial charge in [0, 0.05) is 25.6 Å². The Morgan fingerprint density at radius 1 is 0.897 bits per heavy atom. The van der Waals surface area contributed by atoms with E-state index in [4.69, 9.17) is 4.84 Å². The highest BCUT2D eigenvalue weighted by Gasteiger charge is 2.59. The summed E-state index contributed by atoms with van der Waals surface area (Å²) < 4.78 is 80.9. The highest BCUT2D eigenvalue weighted by Crippen LogP contribution is 2.48. The number of hydrogen-bond acceptors (Lipinski definition) is 4. The Kier molecular flexibility index (Phi) is 8.01. The Morgan fingerprint density at radius 3 is 2.15 bits per heavy atom.